The number of nitrogens with one attached hydrogen (secondary N) is 1. The minimum absolute atomic E-state index is 0.0558. The number of benzene rings is 1. The van der Waals surface area contributed by atoms with Crippen molar-refractivity contribution < 1.29 is 14.3 Å². The van der Waals surface area contributed by atoms with Crippen LogP contribution >= 0.6 is 0 Å². The molecule has 2 fully saturated rings. The smallest absolute Gasteiger partial charge is 0.256 e. The average Bonchev–Trinajstić information content (AvgIpc) is 3.49. The second-order valence-electron chi connectivity index (χ2n) is 8.19. The van der Waals surface area contributed by atoms with Crippen LogP contribution in [0.2, 0.25) is 0 Å². The van der Waals surface area contributed by atoms with Crippen LogP contribution in [0.4, 0.5) is 5.69 Å². The van der Waals surface area contributed by atoms with Crippen LogP contribution in [0.1, 0.15) is 46.5 Å². The number of likely N-dealkylation sites (tertiary alicyclic amines) is 1. The number of rotatable bonds is 9. The molecule has 0 bridgehead atoms. The zero-order valence-corrected chi connectivity index (χ0v) is 17.0. The van der Waals surface area contributed by atoms with Crippen molar-refractivity contribution in [3.8, 4) is 5.75 Å². The number of piperidine rings is 1. The minimum Gasteiger partial charge on any atom is -0.492 e. The van der Waals surface area contributed by atoms with E-state index in [2.05, 4.69) is 17.1 Å². The van der Waals surface area contributed by atoms with E-state index < -0.39 is 5.60 Å². The summed E-state index contributed by atoms with van der Waals surface area (Å²) < 4.78 is 11.7. The van der Waals surface area contributed by atoms with Gasteiger partial charge < -0.3 is 14.8 Å². The van der Waals surface area contributed by atoms with Crippen molar-refractivity contribution >= 4 is 11.6 Å². The number of anilines is 1. The summed E-state index contributed by atoms with van der Waals surface area (Å²) in [4.78, 5) is 15.2. The molecular formula is C22H34N2O3. The number of ether oxygens (including phenoxy) is 2. The third kappa shape index (κ3) is 5.45. The fourth-order valence-corrected chi connectivity index (χ4v) is 3.97. The lowest BCUT2D eigenvalue weighted by Gasteiger charge is -2.30. The standard InChI is InChI=1S/C22H34N2O3/c1-4-27-22(3,18-7-8-18)21(25)23-19-9-11-20(12-10-19)26-15-14-24-13-5-6-17(2)16-24/h9-12,17-18H,4-8,13-16H2,1-3H3,(H,23,25)/t17-,22+/m0/s1. The van der Waals surface area contributed by atoms with Crippen molar-refractivity contribution in [1.29, 1.82) is 0 Å². The fraction of sp³-hybridized carbons (Fsp3) is 0.682. The Bertz CT molecular complexity index is 614. The SMILES string of the molecule is CCO[C@@](C)(C(=O)Nc1ccc(OCCN2CCC[C@H](C)C2)cc1)C1CC1. The second kappa shape index (κ2) is 9.07. The highest BCUT2D eigenvalue weighted by atomic mass is 16.5. The van der Waals surface area contributed by atoms with E-state index in [1.165, 1.54) is 25.9 Å². The van der Waals surface area contributed by atoms with E-state index in [4.69, 9.17) is 9.47 Å². The number of amides is 1. The Morgan fingerprint density at radius 2 is 2.00 bits per heavy atom. The quantitative estimate of drug-likeness (QED) is 0.711. The molecule has 2 atom stereocenters. The Morgan fingerprint density at radius 3 is 2.63 bits per heavy atom. The first-order valence-electron chi connectivity index (χ1n) is 10.4. The molecule has 1 amide bonds. The summed E-state index contributed by atoms with van der Waals surface area (Å²) in [5, 5.41) is 3.00. The first-order valence-corrected chi connectivity index (χ1v) is 10.4. The van der Waals surface area contributed by atoms with E-state index in [-0.39, 0.29) is 5.91 Å². The molecule has 5 nitrogen and oxygen atoms in total. The van der Waals surface area contributed by atoms with Crippen molar-refractivity contribution in [3.05, 3.63) is 24.3 Å². The molecule has 0 radical (unpaired) electrons. The zero-order chi connectivity index (χ0) is 19.3. The minimum atomic E-state index is -0.727. The molecule has 1 saturated heterocycles. The van der Waals surface area contributed by atoms with Gasteiger partial charge in [0.2, 0.25) is 0 Å². The van der Waals surface area contributed by atoms with Crippen LogP contribution < -0.4 is 10.1 Å². The number of hydrogen-bond donors (Lipinski definition) is 1. The maximum Gasteiger partial charge on any atom is 0.256 e. The Labute approximate surface area is 163 Å². The lowest BCUT2D eigenvalue weighted by atomic mass is 9.99. The number of carbonyl (C=O) groups excluding carboxylic acids is 1. The topological polar surface area (TPSA) is 50.8 Å². The molecule has 1 saturated carbocycles. The highest BCUT2D eigenvalue weighted by Gasteiger charge is 2.48. The van der Waals surface area contributed by atoms with Crippen molar-refractivity contribution in [2.24, 2.45) is 11.8 Å². The summed E-state index contributed by atoms with van der Waals surface area (Å²) in [6.45, 7) is 10.7. The van der Waals surface area contributed by atoms with Gasteiger partial charge in [0, 0.05) is 25.4 Å². The van der Waals surface area contributed by atoms with Gasteiger partial charge in [-0.25, -0.2) is 0 Å². The van der Waals surface area contributed by atoms with E-state index in [9.17, 15) is 4.79 Å². The maximum absolute atomic E-state index is 12.7. The molecule has 3 rings (SSSR count). The van der Waals surface area contributed by atoms with Crippen LogP contribution in [-0.2, 0) is 9.53 Å². The molecule has 5 heteroatoms. The van der Waals surface area contributed by atoms with Gasteiger partial charge in [0.05, 0.1) is 0 Å². The van der Waals surface area contributed by atoms with Gasteiger partial charge in [0.25, 0.3) is 5.91 Å². The van der Waals surface area contributed by atoms with Gasteiger partial charge in [-0.1, -0.05) is 6.92 Å². The van der Waals surface area contributed by atoms with Crippen LogP contribution in [-0.4, -0.2) is 49.3 Å². The highest BCUT2D eigenvalue weighted by Crippen LogP contribution is 2.42. The Kier molecular flexibility index (Phi) is 6.77. The zero-order valence-electron chi connectivity index (χ0n) is 17.0. The Morgan fingerprint density at radius 1 is 1.26 bits per heavy atom. The molecule has 1 aromatic carbocycles. The molecule has 1 aliphatic heterocycles. The van der Waals surface area contributed by atoms with E-state index >= 15 is 0 Å². The van der Waals surface area contributed by atoms with E-state index in [0.29, 0.717) is 19.1 Å². The molecular weight excluding hydrogens is 340 g/mol. The number of hydrogen-bond acceptors (Lipinski definition) is 4. The van der Waals surface area contributed by atoms with Gasteiger partial charge in [0.1, 0.15) is 18.0 Å². The molecule has 0 unspecified atom stereocenters. The van der Waals surface area contributed by atoms with E-state index in [0.717, 1.165) is 36.7 Å². The lowest BCUT2D eigenvalue weighted by molar-refractivity contribution is -0.141. The maximum atomic E-state index is 12.7. The van der Waals surface area contributed by atoms with Crippen LogP contribution in [0.25, 0.3) is 0 Å². The lowest BCUT2D eigenvalue weighted by Crippen LogP contribution is -2.44. The summed E-state index contributed by atoms with van der Waals surface area (Å²) in [7, 11) is 0. The number of nitrogens with zero attached hydrogens (tertiary/aromatic N) is 1. The summed E-state index contributed by atoms with van der Waals surface area (Å²) in [5.41, 5.74) is 0.0546. The van der Waals surface area contributed by atoms with E-state index in [1.54, 1.807) is 0 Å². The predicted octanol–water partition coefficient (Wildman–Crippen LogP) is 3.94. The van der Waals surface area contributed by atoms with Crippen molar-refractivity contribution in [1.82, 2.24) is 4.90 Å². The highest BCUT2D eigenvalue weighted by molar-refractivity contribution is 5.97. The summed E-state index contributed by atoms with van der Waals surface area (Å²) in [5.74, 6) is 1.91. The van der Waals surface area contributed by atoms with Crippen LogP contribution in [0.3, 0.4) is 0 Å². The molecule has 0 aromatic heterocycles. The van der Waals surface area contributed by atoms with Gasteiger partial charge >= 0.3 is 0 Å². The third-order valence-electron chi connectivity index (χ3n) is 5.78. The van der Waals surface area contributed by atoms with Gasteiger partial charge in [-0.3, -0.25) is 9.69 Å². The Hall–Kier alpha value is -1.59. The van der Waals surface area contributed by atoms with Crippen LogP contribution in [0, 0.1) is 11.8 Å². The Balaban J connectivity index is 1.46. The molecule has 1 aliphatic carbocycles. The molecule has 27 heavy (non-hydrogen) atoms. The van der Waals surface area contributed by atoms with Crippen LogP contribution in [0.5, 0.6) is 5.75 Å². The molecule has 2 aliphatic rings. The predicted molar refractivity (Wildman–Crippen MR) is 108 cm³/mol. The van der Waals surface area contributed by atoms with Gasteiger partial charge in [-0.15, -0.1) is 0 Å². The van der Waals surface area contributed by atoms with Crippen molar-refractivity contribution in [2.45, 2.75) is 52.1 Å². The molecule has 1 heterocycles. The summed E-state index contributed by atoms with van der Waals surface area (Å²) in [6, 6.07) is 7.64. The second-order valence-corrected chi connectivity index (χ2v) is 8.19. The van der Waals surface area contributed by atoms with Gasteiger partial charge in [-0.05, 0) is 82.2 Å². The normalized spacial score (nSPS) is 22.9. The fourth-order valence-electron chi connectivity index (χ4n) is 3.97. The molecule has 1 aromatic rings. The monoisotopic (exact) mass is 374 g/mol. The van der Waals surface area contributed by atoms with Gasteiger partial charge in [-0.2, -0.15) is 0 Å². The molecule has 0 spiro atoms. The van der Waals surface area contributed by atoms with Gasteiger partial charge in [0.15, 0.2) is 0 Å². The summed E-state index contributed by atoms with van der Waals surface area (Å²) >= 11 is 0. The van der Waals surface area contributed by atoms with E-state index in [1.807, 2.05) is 38.1 Å². The number of carbonyl (C=O) groups is 1. The first-order chi connectivity index (χ1) is 13.0. The average molecular weight is 375 g/mol. The third-order valence-corrected chi connectivity index (χ3v) is 5.78. The molecule has 150 valence electrons. The first kappa shape index (κ1) is 20.2. The summed E-state index contributed by atoms with van der Waals surface area (Å²) in [6.07, 6.45) is 4.75. The molecule has 1 N–H and O–H groups in total. The largest absolute Gasteiger partial charge is 0.492 e. The van der Waals surface area contributed by atoms with Crippen LogP contribution in [0.15, 0.2) is 24.3 Å². The van der Waals surface area contributed by atoms with Crippen molar-refractivity contribution in [2.75, 3.05) is 38.2 Å². The van der Waals surface area contributed by atoms with Crippen molar-refractivity contribution in [3.63, 3.8) is 0 Å².